The van der Waals surface area contributed by atoms with E-state index in [0.717, 1.165) is 39.8 Å². The van der Waals surface area contributed by atoms with Crippen molar-refractivity contribution in [3.8, 4) is 34.1 Å². The van der Waals surface area contributed by atoms with E-state index < -0.39 is 0 Å². The van der Waals surface area contributed by atoms with Gasteiger partial charge in [0.15, 0.2) is 17.3 Å². The molecule has 1 aliphatic rings. The summed E-state index contributed by atoms with van der Waals surface area (Å²) in [5.74, 6) is 2.71. The van der Waals surface area contributed by atoms with Crippen LogP contribution < -0.4 is 14.8 Å². The fourth-order valence-electron chi connectivity index (χ4n) is 2.82. The highest BCUT2D eigenvalue weighted by Crippen LogP contribution is 2.35. The van der Waals surface area contributed by atoms with Crippen molar-refractivity contribution in [2.45, 2.75) is 0 Å². The standard InChI is InChI=1S/C19H14N6O2/c1-4-14(5-2-12(1)18-21-10-22-25-18)23-19-20-8-7-15(24-19)13-3-6-16-17(9-13)27-11-26-16/h1-10H,11H2,(H,20,23,24)(H,21,22,25). The normalized spacial score (nSPS) is 12.1. The number of benzene rings is 2. The number of hydrogen-bond donors (Lipinski definition) is 2. The molecule has 0 saturated carbocycles. The molecule has 132 valence electrons. The maximum atomic E-state index is 5.43. The minimum Gasteiger partial charge on any atom is -0.454 e. The van der Waals surface area contributed by atoms with Crippen molar-refractivity contribution in [3.63, 3.8) is 0 Å². The number of ether oxygens (including phenoxy) is 2. The Morgan fingerprint density at radius 3 is 2.63 bits per heavy atom. The molecule has 0 atom stereocenters. The van der Waals surface area contributed by atoms with Crippen LogP contribution in [0.2, 0.25) is 0 Å². The molecule has 0 spiro atoms. The highest BCUT2D eigenvalue weighted by Gasteiger charge is 2.14. The van der Waals surface area contributed by atoms with E-state index in [1.807, 2.05) is 48.5 Å². The molecule has 8 nitrogen and oxygen atoms in total. The summed E-state index contributed by atoms with van der Waals surface area (Å²) in [6, 6.07) is 15.4. The first-order valence-electron chi connectivity index (χ1n) is 8.32. The highest BCUT2D eigenvalue weighted by atomic mass is 16.7. The second-order valence-electron chi connectivity index (χ2n) is 5.87. The van der Waals surface area contributed by atoms with E-state index in [9.17, 15) is 0 Å². The average molecular weight is 358 g/mol. The van der Waals surface area contributed by atoms with Gasteiger partial charge in [-0.05, 0) is 48.5 Å². The molecular formula is C19H14N6O2. The lowest BCUT2D eigenvalue weighted by Crippen LogP contribution is -1.98. The van der Waals surface area contributed by atoms with Gasteiger partial charge in [-0.25, -0.2) is 9.97 Å². The lowest BCUT2D eigenvalue weighted by molar-refractivity contribution is 0.174. The lowest BCUT2D eigenvalue weighted by Gasteiger charge is -2.08. The number of hydrogen-bond acceptors (Lipinski definition) is 7. The van der Waals surface area contributed by atoms with Crippen LogP contribution in [0.15, 0.2) is 61.1 Å². The van der Waals surface area contributed by atoms with Crippen molar-refractivity contribution in [2.75, 3.05) is 12.1 Å². The zero-order valence-electron chi connectivity index (χ0n) is 14.1. The smallest absolute Gasteiger partial charge is 0.231 e. The maximum absolute atomic E-state index is 5.43. The number of fused-ring (bicyclic) bond motifs is 1. The molecule has 27 heavy (non-hydrogen) atoms. The van der Waals surface area contributed by atoms with Crippen LogP contribution >= 0.6 is 0 Å². The first kappa shape index (κ1) is 15.3. The summed E-state index contributed by atoms with van der Waals surface area (Å²) >= 11 is 0. The fourth-order valence-corrected chi connectivity index (χ4v) is 2.82. The van der Waals surface area contributed by atoms with Gasteiger partial charge in [0.25, 0.3) is 0 Å². The Kier molecular flexibility index (Phi) is 3.64. The summed E-state index contributed by atoms with van der Waals surface area (Å²) in [6.07, 6.45) is 3.27. The van der Waals surface area contributed by atoms with Crippen LogP contribution in [-0.4, -0.2) is 31.9 Å². The third-order valence-electron chi connectivity index (χ3n) is 4.16. The molecule has 5 rings (SSSR count). The molecule has 2 aromatic heterocycles. The Morgan fingerprint density at radius 2 is 1.78 bits per heavy atom. The molecule has 8 heteroatoms. The number of nitrogens with zero attached hydrogens (tertiary/aromatic N) is 4. The summed E-state index contributed by atoms with van der Waals surface area (Å²) in [4.78, 5) is 11.9. The molecule has 0 amide bonds. The van der Waals surface area contributed by atoms with Gasteiger partial charge in [0.05, 0.1) is 5.69 Å². The summed E-state index contributed by atoms with van der Waals surface area (Å²) < 4.78 is 10.8. The molecule has 2 N–H and O–H groups in total. The van der Waals surface area contributed by atoms with E-state index in [2.05, 4.69) is 30.5 Å². The summed E-state index contributed by atoms with van der Waals surface area (Å²) in [6.45, 7) is 0.249. The van der Waals surface area contributed by atoms with Crippen LogP contribution in [0, 0.1) is 0 Å². The molecule has 3 heterocycles. The van der Waals surface area contributed by atoms with Gasteiger partial charge in [-0.3, -0.25) is 0 Å². The molecule has 1 aliphatic heterocycles. The Bertz CT molecular complexity index is 1080. The van der Waals surface area contributed by atoms with Gasteiger partial charge < -0.3 is 19.8 Å². The number of nitrogens with one attached hydrogen (secondary N) is 2. The molecule has 0 unspecified atom stereocenters. The molecule has 0 radical (unpaired) electrons. The highest BCUT2D eigenvalue weighted by molar-refractivity contribution is 5.66. The van der Waals surface area contributed by atoms with Crippen LogP contribution in [0.3, 0.4) is 0 Å². The third-order valence-corrected chi connectivity index (χ3v) is 4.16. The maximum Gasteiger partial charge on any atom is 0.231 e. The first-order valence-corrected chi connectivity index (χ1v) is 8.32. The number of H-pyrrole nitrogens is 1. The van der Waals surface area contributed by atoms with Gasteiger partial charge in [0.2, 0.25) is 12.7 Å². The van der Waals surface area contributed by atoms with Crippen LogP contribution in [0.25, 0.3) is 22.6 Å². The van der Waals surface area contributed by atoms with Gasteiger partial charge in [0, 0.05) is 23.0 Å². The van der Waals surface area contributed by atoms with Gasteiger partial charge in [-0.15, -0.1) is 10.2 Å². The van der Waals surface area contributed by atoms with E-state index in [1.165, 1.54) is 0 Å². The first-order chi connectivity index (χ1) is 13.3. The number of aromatic nitrogens is 5. The van der Waals surface area contributed by atoms with Crippen molar-refractivity contribution in [2.24, 2.45) is 0 Å². The van der Waals surface area contributed by atoms with Crippen molar-refractivity contribution in [1.29, 1.82) is 0 Å². The van der Waals surface area contributed by atoms with Gasteiger partial charge in [0.1, 0.15) is 6.33 Å². The Morgan fingerprint density at radius 1 is 0.926 bits per heavy atom. The quantitative estimate of drug-likeness (QED) is 0.577. The third kappa shape index (κ3) is 3.04. The summed E-state index contributed by atoms with van der Waals surface area (Å²) in [5, 5.41) is 11.0. The topological polar surface area (TPSA) is 97.8 Å². The van der Waals surface area contributed by atoms with E-state index >= 15 is 0 Å². The zero-order valence-corrected chi connectivity index (χ0v) is 14.1. The van der Waals surface area contributed by atoms with Crippen molar-refractivity contribution in [3.05, 3.63) is 61.1 Å². The number of rotatable bonds is 4. The zero-order chi connectivity index (χ0) is 18.1. The summed E-state index contributed by atoms with van der Waals surface area (Å²) in [7, 11) is 0. The predicted octanol–water partition coefficient (Wildman–Crippen LogP) is 3.40. The van der Waals surface area contributed by atoms with Gasteiger partial charge in [-0.1, -0.05) is 0 Å². The van der Waals surface area contributed by atoms with E-state index in [-0.39, 0.29) is 6.79 Å². The molecular weight excluding hydrogens is 344 g/mol. The summed E-state index contributed by atoms with van der Waals surface area (Å²) in [5.41, 5.74) is 3.56. The van der Waals surface area contributed by atoms with E-state index in [1.54, 1.807) is 12.5 Å². The minimum absolute atomic E-state index is 0.249. The molecule has 2 aromatic carbocycles. The largest absolute Gasteiger partial charge is 0.454 e. The number of anilines is 2. The second kappa shape index (κ2) is 6.41. The second-order valence-corrected chi connectivity index (χ2v) is 5.87. The monoisotopic (exact) mass is 358 g/mol. The van der Waals surface area contributed by atoms with Crippen LogP contribution in [0.4, 0.5) is 11.6 Å². The Labute approximate surface area is 154 Å². The van der Waals surface area contributed by atoms with Crippen LogP contribution in [-0.2, 0) is 0 Å². The SMILES string of the molecule is c1cc(-c2ccc3c(c2)OCO3)nc(Nc2ccc(-c3nnc[nH]3)cc2)n1. The van der Waals surface area contributed by atoms with Gasteiger partial charge >= 0.3 is 0 Å². The van der Waals surface area contributed by atoms with Crippen LogP contribution in [0.1, 0.15) is 0 Å². The Balaban J connectivity index is 1.38. The van der Waals surface area contributed by atoms with Gasteiger partial charge in [-0.2, -0.15) is 0 Å². The fraction of sp³-hybridized carbons (Fsp3) is 0.0526. The Hall–Kier alpha value is -3.94. The molecule has 0 aliphatic carbocycles. The van der Waals surface area contributed by atoms with E-state index in [0.29, 0.717) is 5.95 Å². The molecule has 4 aromatic rings. The van der Waals surface area contributed by atoms with Crippen molar-refractivity contribution < 1.29 is 9.47 Å². The molecule has 0 saturated heterocycles. The van der Waals surface area contributed by atoms with E-state index in [4.69, 9.17) is 9.47 Å². The number of aromatic amines is 1. The molecule has 0 bridgehead atoms. The predicted molar refractivity (Wildman–Crippen MR) is 98.7 cm³/mol. The minimum atomic E-state index is 0.249. The average Bonchev–Trinajstić information content (AvgIpc) is 3.40. The lowest BCUT2D eigenvalue weighted by atomic mass is 10.1. The molecule has 0 fully saturated rings. The van der Waals surface area contributed by atoms with Crippen molar-refractivity contribution >= 4 is 11.6 Å². The van der Waals surface area contributed by atoms with Crippen LogP contribution in [0.5, 0.6) is 11.5 Å². The van der Waals surface area contributed by atoms with Crippen molar-refractivity contribution in [1.82, 2.24) is 25.1 Å².